The standard InChI is InChI=1S/C25H30N6O3/c1-3-11-31(12-4-2)25(33)21-14-20-10-9-19(15-22(20)27-23(16-21)28-30-26)18-7-5-17(6-8-18)13-24(32)29-34/h5-10,14-15,23,27H,3-4,11-13,16H2,1-2H3,(H2,26,28). The first-order valence-electron chi connectivity index (χ1n) is 11.4. The lowest BCUT2D eigenvalue weighted by Gasteiger charge is -2.23. The number of hydrogen-bond donors (Lipinski definition) is 2. The molecular formula is C25H30N6O3. The van der Waals surface area contributed by atoms with Gasteiger partial charge in [-0.05, 0) is 47.2 Å². The van der Waals surface area contributed by atoms with Gasteiger partial charge in [-0.3, -0.25) is 9.59 Å². The summed E-state index contributed by atoms with van der Waals surface area (Å²) < 4.78 is 0. The Morgan fingerprint density at radius 1 is 1.06 bits per heavy atom. The predicted molar refractivity (Wildman–Crippen MR) is 133 cm³/mol. The second-order valence-corrected chi connectivity index (χ2v) is 8.22. The molecule has 2 amide bonds. The van der Waals surface area contributed by atoms with E-state index in [0.717, 1.165) is 40.8 Å². The molecule has 2 aromatic rings. The fourth-order valence-corrected chi connectivity index (χ4v) is 4.05. The number of hydrogen-bond acceptors (Lipinski definition) is 6. The maximum atomic E-state index is 13.3. The number of carbonyl (C=O) groups is 2. The van der Waals surface area contributed by atoms with E-state index in [0.29, 0.717) is 25.1 Å². The highest BCUT2D eigenvalue weighted by atomic mass is 16.3. The van der Waals surface area contributed by atoms with E-state index in [1.54, 1.807) is 12.1 Å². The van der Waals surface area contributed by atoms with Gasteiger partial charge in [0.2, 0.25) is 5.91 Å². The van der Waals surface area contributed by atoms with Crippen molar-refractivity contribution in [3.63, 3.8) is 0 Å². The van der Waals surface area contributed by atoms with Crippen molar-refractivity contribution < 1.29 is 9.59 Å². The molecule has 0 aromatic heterocycles. The van der Waals surface area contributed by atoms with Crippen LogP contribution in [0.1, 0.15) is 44.2 Å². The van der Waals surface area contributed by atoms with Crippen molar-refractivity contribution in [1.29, 1.82) is 0 Å². The van der Waals surface area contributed by atoms with Gasteiger partial charge >= 0.3 is 0 Å². The lowest BCUT2D eigenvalue weighted by atomic mass is 9.99. The lowest BCUT2D eigenvalue weighted by molar-refractivity contribution is -0.127. The highest BCUT2D eigenvalue weighted by Gasteiger charge is 2.24. The third-order valence-corrected chi connectivity index (χ3v) is 5.62. The number of nitrogens with zero attached hydrogens (tertiary/aromatic N) is 4. The molecule has 1 unspecified atom stereocenters. The van der Waals surface area contributed by atoms with Gasteiger partial charge in [0, 0.05) is 35.9 Å². The van der Waals surface area contributed by atoms with Crippen molar-refractivity contribution >= 4 is 23.6 Å². The van der Waals surface area contributed by atoms with E-state index >= 15 is 0 Å². The molecule has 0 radical (unpaired) electrons. The number of anilines is 1. The Labute approximate surface area is 199 Å². The van der Waals surface area contributed by atoms with Crippen molar-refractivity contribution in [2.45, 2.75) is 45.7 Å². The van der Waals surface area contributed by atoms with E-state index in [2.05, 4.69) is 34.7 Å². The molecule has 0 bridgehead atoms. The summed E-state index contributed by atoms with van der Waals surface area (Å²) in [5, 5.41) is 13.3. The fourth-order valence-electron chi connectivity index (χ4n) is 4.05. The van der Waals surface area contributed by atoms with Crippen LogP contribution >= 0.6 is 0 Å². The Morgan fingerprint density at radius 2 is 1.74 bits per heavy atom. The molecular weight excluding hydrogens is 432 g/mol. The lowest BCUT2D eigenvalue weighted by Crippen LogP contribution is -2.34. The second-order valence-electron chi connectivity index (χ2n) is 8.22. The summed E-state index contributed by atoms with van der Waals surface area (Å²) in [5.41, 5.74) is 4.98. The molecule has 3 N–H and O–H groups in total. The van der Waals surface area contributed by atoms with E-state index in [4.69, 9.17) is 5.84 Å². The van der Waals surface area contributed by atoms with Crippen LogP contribution in [0.15, 0.2) is 63.6 Å². The molecule has 1 aliphatic rings. The third-order valence-electron chi connectivity index (χ3n) is 5.62. The Balaban J connectivity index is 1.93. The minimum atomic E-state index is -0.698. The molecule has 0 saturated heterocycles. The average molecular weight is 463 g/mol. The second kappa shape index (κ2) is 11.8. The maximum Gasteiger partial charge on any atom is 0.290 e. The molecule has 0 spiro atoms. The van der Waals surface area contributed by atoms with Crippen LogP contribution in [0, 0.1) is 4.91 Å². The van der Waals surface area contributed by atoms with Gasteiger partial charge in [0.05, 0.1) is 6.42 Å². The molecule has 9 nitrogen and oxygen atoms in total. The van der Waals surface area contributed by atoms with Gasteiger partial charge in [-0.25, -0.2) is 0 Å². The summed E-state index contributed by atoms with van der Waals surface area (Å²) >= 11 is 0. The predicted octanol–water partition coefficient (Wildman–Crippen LogP) is 4.69. The fraction of sp³-hybridized carbons (Fsp3) is 0.360. The molecule has 1 atom stereocenters. The zero-order chi connectivity index (χ0) is 24.5. The van der Waals surface area contributed by atoms with Crippen LogP contribution in [0.4, 0.5) is 5.69 Å². The highest BCUT2D eigenvalue weighted by molar-refractivity contribution is 5.99. The summed E-state index contributed by atoms with van der Waals surface area (Å²) in [7, 11) is 0. The van der Waals surface area contributed by atoms with E-state index < -0.39 is 12.1 Å². The van der Waals surface area contributed by atoms with Gasteiger partial charge in [-0.2, -0.15) is 0 Å². The normalized spacial score (nSPS) is 15.1. The third kappa shape index (κ3) is 6.12. The zero-order valence-electron chi connectivity index (χ0n) is 19.5. The van der Waals surface area contributed by atoms with Crippen LogP contribution < -0.4 is 11.2 Å². The van der Waals surface area contributed by atoms with Gasteiger partial charge in [0.25, 0.3) is 5.91 Å². The summed E-state index contributed by atoms with van der Waals surface area (Å²) in [6, 6.07) is 13.3. The number of rotatable bonds is 9. The molecule has 0 fully saturated rings. The molecule has 34 heavy (non-hydrogen) atoms. The maximum absolute atomic E-state index is 13.3. The van der Waals surface area contributed by atoms with Crippen LogP contribution in [0.3, 0.4) is 0 Å². The smallest absolute Gasteiger partial charge is 0.290 e. The van der Waals surface area contributed by atoms with Crippen molar-refractivity contribution in [3.05, 3.63) is 64.1 Å². The van der Waals surface area contributed by atoms with Gasteiger partial charge in [-0.15, -0.1) is 10.0 Å². The first-order valence-corrected chi connectivity index (χ1v) is 11.4. The molecule has 9 heteroatoms. The van der Waals surface area contributed by atoms with Gasteiger partial charge in [-0.1, -0.05) is 55.5 Å². The van der Waals surface area contributed by atoms with Crippen LogP contribution in [-0.4, -0.2) is 36.0 Å². The number of nitrogens with one attached hydrogen (secondary N) is 1. The van der Waals surface area contributed by atoms with Crippen molar-refractivity contribution in [2.75, 3.05) is 18.4 Å². The molecule has 3 rings (SSSR count). The SMILES string of the molecule is CCCN(CCC)C(=O)C1=Cc2ccc(-c3ccc(CC(=O)N=O)cc3)cc2NC(N=NN)C1. The van der Waals surface area contributed by atoms with Gasteiger partial charge in [0.15, 0.2) is 0 Å². The Hall–Kier alpha value is -3.88. The zero-order valence-corrected chi connectivity index (χ0v) is 19.5. The van der Waals surface area contributed by atoms with Crippen molar-refractivity contribution in [2.24, 2.45) is 21.4 Å². The van der Waals surface area contributed by atoms with Crippen molar-refractivity contribution in [3.8, 4) is 11.1 Å². The van der Waals surface area contributed by atoms with E-state index in [-0.39, 0.29) is 12.3 Å². The van der Waals surface area contributed by atoms with Crippen LogP contribution in [0.5, 0.6) is 0 Å². The minimum absolute atomic E-state index is 0.00889. The van der Waals surface area contributed by atoms with Crippen LogP contribution in [-0.2, 0) is 16.0 Å². The van der Waals surface area contributed by atoms with Gasteiger partial charge in [0.1, 0.15) is 6.17 Å². The average Bonchev–Trinajstić information content (AvgIpc) is 3.02. The summed E-state index contributed by atoms with van der Waals surface area (Å²) in [6.07, 6.45) is 3.59. The highest BCUT2D eigenvalue weighted by Crippen LogP contribution is 2.32. The number of amides is 2. The van der Waals surface area contributed by atoms with Crippen molar-refractivity contribution in [1.82, 2.24) is 4.90 Å². The number of nitrogens with two attached hydrogens (primary N) is 1. The van der Waals surface area contributed by atoms with E-state index in [9.17, 15) is 14.5 Å². The number of fused-ring (bicyclic) bond motifs is 1. The molecule has 2 aromatic carbocycles. The Morgan fingerprint density at radius 3 is 2.35 bits per heavy atom. The molecule has 1 aliphatic heterocycles. The largest absolute Gasteiger partial charge is 0.361 e. The first-order chi connectivity index (χ1) is 16.5. The van der Waals surface area contributed by atoms with Crippen LogP contribution in [0.2, 0.25) is 0 Å². The first kappa shape index (κ1) is 24.8. The summed E-state index contributed by atoms with van der Waals surface area (Å²) in [5.74, 6) is 4.65. The summed E-state index contributed by atoms with van der Waals surface area (Å²) in [4.78, 5) is 36.8. The molecule has 0 saturated carbocycles. The van der Waals surface area contributed by atoms with E-state index in [1.807, 2.05) is 41.3 Å². The Kier molecular flexibility index (Phi) is 8.61. The summed E-state index contributed by atoms with van der Waals surface area (Å²) in [6.45, 7) is 5.53. The molecule has 0 aliphatic carbocycles. The number of nitroso groups, excluding NO2 is 1. The molecule has 1 heterocycles. The van der Waals surface area contributed by atoms with Gasteiger partial charge < -0.3 is 16.1 Å². The monoisotopic (exact) mass is 462 g/mol. The van der Waals surface area contributed by atoms with E-state index in [1.165, 1.54) is 0 Å². The quantitative estimate of drug-likeness (QED) is 0.242. The Bertz CT molecular complexity index is 1090. The minimum Gasteiger partial charge on any atom is -0.361 e. The number of benzene rings is 2. The topological polar surface area (TPSA) is 130 Å². The number of carbonyl (C=O) groups excluding carboxylic acids is 2. The molecule has 178 valence electrons. The van der Waals surface area contributed by atoms with Crippen LogP contribution in [0.25, 0.3) is 17.2 Å².